The topological polar surface area (TPSA) is 93.8 Å². The summed E-state index contributed by atoms with van der Waals surface area (Å²) in [6, 6.07) is 10.0. The van der Waals surface area contributed by atoms with Crippen LogP contribution in [-0.4, -0.2) is 36.7 Å². The third kappa shape index (κ3) is 5.01. The van der Waals surface area contributed by atoms with Crippen LogP contribution < -0.4 is 10.6 Å². The minimum atomic E-state index is -0.428. The monoisotopic (exact) mass is 458 g/mol. The molecule has 8 heteroatoms. The van der Waals surface area contributed by atoms with E-state index in [1.54, 1.807) is 7.05 Å². The summed E-state index contributed by atoms with van der Waals surface area (Å²) in [6.07, 6.45) is 9.84. The Kier molecular flexibility index (Phi) is 6.24. The van der Waals surface area contributed by atoms with E-state index in [1.165, 1.54) is 10.9 Å². The van der Waals surface area contributed by atoms with Gasteiger partial charge >= 0.3 is 0 Å². The van der Waals surface area contributed by atoms with Crippen molar-refractivity contribution in [1.82, 2.24) is 30.0 Å². The van der Waals surface area contributed by atoms with Crippen LogP contribution in [0.3, 0.4) is 0 Å². The molecular formula is C26H30N6O2. The Labute approximate surface area is 199 Å². The van der Waals surface area contributed by atoms with E-state index in [0.29, 0.717) is 12.1 Å². The minimum absolute atomic E-state index is 0.152. The van der Waals surface area contributed by atoms with Crippen LogP contribution in [0.2, 0.25) is 0 Å². The second kappa shape index (κ2) is 9.13. The quantitative estimate of drug-likeness (QED) is 0.615. The van der Waals surface area contributed by atoms with Gasteiger partial charge in [-0.15, -0.1) is 0 Å². The molecule has 0 spiro atoms. The van der Waals surface area contributed by atoms with E-state index in [4.69, 9.17) is 4.98 Å². The van der Waals surface area contributed by atoms with Gasteiger partial charge in [0.1, 0.15) is 11.5 Å². The second-order valence-electron chi connectivity index (χ2n) is 9.56. The molecule has 1 atom stereocenters. The highest BCUT2D eigenvalue weighted by Gasteiger charge is 2.25. The highest BCUT2D eigenvalue weighted by molar-refractivity contribution is 6.06. The average Bonchev–Trinajstić information content (AvgIpc) is 3.37. The Morgan fingerprint density at radius 2 is 1.85 bits per heavy atom. The molecule has 3 heterocycles. The van der Waals surface area contributed by atoms with Crippen molar-refractivity contribution >= 4 is 18.0 Å². The van der Waals surface area contributed by atoms with Gasteiger partial charge in [-0.25, -0.2) is 4.98 Å². The van der Waals surface area contributed by atoms with Gasteiger partial charge in [0.25, 0.3) is 11.8 Å². The molecule has 1 aliphatic rings. The molecule has 1 aromatic carbocycles. The first kappa shape index (κ1) is 23.2. The van der Waals surface area contributed by atoms with Gasteiger partial charge in [-0.3, -0.25) is 14.3 Å². The summed E-state index contributed by atoms with van der Waals surface area (Å²) in [5, 5.41) is 9.96. The summed E-state index contributed by atoms with van der Waals surface area (Å²) < 4.78 is 3.42. The molecule has 2 aromatic heterocycles. The maximum Gasteiger partial charge on any atom is 0.274 e. The lowest BCUT2D eigenvalue weighted by molar-refractivity contribution is 0.0898. The molecule has 0 saturated carbocycles. The van der Waals surface area contributed by atoms with Crippen LogP contribution in [0, 0.1) is 0 Å². The van der Waals surface area contributed by atoms with Crippen molar-refractivity contribution in [2.75, 3.05) is 0 Å². The number of nitrogens with one attached hydrogen (secondary N) is 2. The molecule has 3 aromatic rings. The highest BCUT2D eigenvalue weighted by Crippen LogP contribution is 2.27. The Bertz CT molecular complexity index is 1270. The van der Waals surface area contributed by atoms with Crippen molar-refractivity contribution < 1.29 is 9.59 Å². The predicted octanol–water partition coefficient (Wildman–Crippen LogP) is 4.10. The number of aromatic nitrogens is 4. The van der Waals surface area contributed by atoms with Gasteiger partial charge < -0.3 is 15.2 Å². The molecule has 0 fully saturated rings. The number of benzene rings is 1. The largest absolute Gasteiger partial charge is 0.347 e. The summed E-state index contributed by atoms with van der Waals surface area (Å²) in [5.74, 6) is 0.390. The van der Waals surface area contributed by atoms with Crippen molar-refractivity contribution in [3.05, 3.63) is 77.7 Å². The Morgan fingerprint density at radius 1 is 1.12 bits per heavy atom. The average molecular weight is 459 g/mol. The van der Waals surface area contributed by atoms with Crippen LogP contribution >= 0.6 is 0 Å². The van der Waals surface area contributed by atoms with Crippen LogP contribution in [0.25, 0.3) is 17.5 Å². The third-order valence-electron chi connectivity index (χ3n) is 5.52. The normalized spacial score (nSPS) is 15.7. The molecule has 34 heavy (non-hydrogen) atoms. The maximum atomic E-state index is 13.2. The number of carbonyl (C=O) groups excluding carboxylic acids is 2. The first-order valence-corrected chi connectivity index (χ1v) is 11.3. The van der Waals surface area contributed by atoms with E-state index in [-0.39, 0.29) is 29.0 Å². The zero-order valence-electron chi connectivity index (χ0n) is 20.2. The predicted molar refractivity (Wildman–Crippen MR) is 132 cm³/mol. The number of allylic oxidation sites excluding steroid dienone is 2. The van der Waals surface area contributed by atoms with Gasteiger partial charge in [-0.1, -0.05) is 43.3 Å². The summed E-state index contributed by atoms with van der Waals surface area (Å²) in [7, 11) is 1.65. The van der Waals surface area contributed by atoms with Crippen molar-refractivity contribution in [2.45, 2.75) is 45.6 Å². The molecule has 1 aliphatic heterocycles. The van der Waals surface area contributed by atoms with Crippen LogP contribution in [0.5, 0.6) is 0 Å². The molecule has 8 nitrogen and oxygen atoms in total. The van der Waals surface area contributed by atoms with Crippen molar-refractivity contribution in [3.63, 3.8) is 0 Å². The molecule has 1 unspecified atom stereocenters. The molecular weight excluding hydrogens is 428 g/mol. The van der Waals surface area contributed by atoms with E-state index in [9.17, 15) is 9.59 Å². The van der Waals surface area contributed by atoms with Gasteiger partial charge in [-0.05, 0) is 33.3 Å². The number of fused-ring (bicyclic) bond motifs is 1. The Balaban J connectivity index is 1.56. The molecule has 4 rings (SSSR count). The fourth-order valence-corrected chi connectivity index (χ4v) is 3.84. The molecule has 0 saturated heterocycles. The first-order valence-electron chi connectivity index (χ1n) is 11.3. The molecule has 0 radical (unpaired) electrons. The summed E-state index contributed by atoms with van der Waals surface area (Å²) in [4.78, 5) is 30.7. The number of hydrogen-bond acceptors (Lipinski definition) is 4. The molecule has 0 bridgehead atoms. The van der Waals surface area contributed by atoms with E-state index in [1.807, 2.05) is 80.2 Å². The maximum absolute atomic E-state index is 13.2. The smallest absolute Gasteiger partial charge is 0.274 e. The Morgan fingerprint density at radius 3 is 2.56 bits per heavy atom. The summed E-state index contributed by atoms with van der Waals surface area (Å²) in [5.41, 5.74) is 2.64. The fourth-order valence-electron chi connectivity index (χ4n) is 3.84. The lowest BCUT2D eigenvalue weighted by Crippen LogP contribution is -2.41. The molecule has 0 aliphatic carbocycles. The van der Waals surface area contributed by atoms with E-state index in [2.05, 4.69) is 22.7 Å². The first-order chi connectivity index (χ1) is 16.1. The highest BCUT2D eigenvalue weighted by atomic mass is 16.2. The SMILES string of the molecule is CC1CC=C(NC(=O)c2c(C(=O)NC(C)(C)C)cnn2C)C=Cn2cc(-c3ccccc3)nc21. The Hall–Kier alpha value is -3.94. The number of rotatable bonds is 4. The van der Waals surface area contributed by atoms with E-state index >= 15 is 0 Å². The summed E-state index contributed by atoms with van der Waals surface area (Å²) >= 11 is 0. The number of nitrogens with zero attached hydrogens (tertiary/aromatic N) is 4. The minimum Gasteiger partial charge on any atom is -0.347 e. The molecule has 2 N–H and O–H groups in total. The second-order valence-corrected chi connectivity index (χ2v) is 9.56. The number of aryl methyl sites for hydroxylation is 1. The van der Waals surface area contributed by atoms with Gasteiger partial charge in [-0.2, -0.15) is 5.10 Å². The van der Waals surface area contributed by atoms with Crippen LogP contribution in [0.15, 0.2) is 60.6 Å². The fraction of sp³-hybridized carbons (Fsp3) is 0.308. The van der Waals surface area contributed by atoms with Gasteiger partial charge in [0.05, 0.1) is 17.5 Å². The lowest BCUT2D eigenvalue weighted by atomic mass is 10.1. The molecule has 176 valence electrons. The number of carbonyl (C=O) groups is 2. The molecule has 2 amide bonds. The van der Waals surface area contributed by atoms with Gasteiger partial charge in [0.15, 0.2) is 0 Å². The van der Waals surface area contributed by atoms with Gasteiger partial charge in [0, 0.05) is 42.2 Å². The zero-order chi connectivity index (χ0) is 24.5. The number of hydrogen-bond donors (Lipinski definition) is 2. The lowest BCUT2D eigenvalue weighted by Gasteiger charge is -2.20. The van der Waals surface area contributed by atoms with E-state index < -0.39 is 5.54 Å². The summed E-state index contributed by atoms with van der Waals surface area (Å²) in [6.45, 7) is 7.78. The van der Waals surface area contributed by atoms with E-state index in [0.717, 1.165) is 17.1 Å². The number of imidazole rings is 1. The van der Waals surface area contributed by atoms with Crippen molar-refractivity contribution in [3.8, 4) is 11.3 Å². The van der Waals surface area contributed by atoms with Crippen molar-refractivity contribution in [1.29, 1.82) is 0 Å². The standard InChI is InChI=1S/C26H30N6O2/c1-17-11-12-19(13-14-32-16-21(29-23(17)32)18-9-7-6-8-10-18)28-25(34)22-20(15-27-31(22)5)24(33)30-26(2,3)4/h6-10,12-17H,11H2,1-5H3,(H,28,34)(H,30,33). The van der Waals surface area contributed by atoms with Crippen LogP contribution in [0.1, 0.15) is 66.7 Å². The zero-order valence-corrected chi connectivity index (χ0v) is 20.2. The third-order valence-corrected chi connectivity index (χ3v) is 5.52. The van der Waals surface area contributed by atoms with Crippen LogP contribution in [0.4, 0.5) is 0 Å². The number of amides is 2. The van der Waals surface area contributed by atoms with Crippen molar-refractivity contribution in [2.24, 2.45) is 7.05 Å². The van der Waals surface area contributed by atoms with Crippen LogP contribution in [-0.2, 0) is 7.05 Å². The van der Waals surface area contributed by atoms with Gasteiger partial charge in [0.2, 0.25) is 0 Å².